The van der Waals surface area contributed by atoms with E-state index in [4.69, 9.17) is 16.9 Å². The lowest BCUT2D eigenvalue weighted by Crippen LogP contribution is -2.02. The molecule has 1 heterocycles. The molecule has 0 aliphatic carbocycles. The first-order valence-electron chi connectivity index (χ1n) is 3.33. The lowest BCUT2D eigenvalue weighted by Gasteiger charge is -1.99. The molecule has 0 spiro atoms. The SMILES string of the molecule is N#Cc1nc(CC(F)F)cnc1Cl. The van der Waals surface area contributed by atoms with E-state index in [2.05, 4.69) is 9.97 Å². The van der Waals surface area contributed by atoms with Gasteiger partial charge in [-0.1, -0.05) is 11.6 Å². The Bertz CT molecular complexity index is 348. The molecule has 0 saturated heterocycles. The predicted molar refractivity (Wildman–Crippen MR) is 41.5 cm³/mol. The Labute approximate surface area is 78.0 Å². The Morgan fingerprint density at radius 3 is 2.85 bits per heavy atom. The van der Waals surface area contributed by atoms with Crippen LogP contribution in [0.1, 0.15) is 11.4 Å². The van der Waals surface area contributed by atoms with Crippen LogP contribution in [0.2, 0.25) is 5.15 Å². The van der Waals surface area contributed by atoms with Gasteiger partial charge in [0.15, 0.2) is 10.8 Å². The number of hydrogen-bond donors (Lipinski definition) is 0. The molecule has 0 saturated carbocycles. The number of nitrogens with zero attached hydrogens (tertiary/aromatic N) is 3. The fourth-order valence-corrected chi connectivity index (χ4v) is 0.872. The molecule has 0 aromatic carbocycles. The predicted octanol–water partition coefficient (Wildman–Crippen LogP) is 1.81. The van der Waals surface area contributed by atoms with Crippen LogP contribution in [0.5, 0.6) is 0 Å². The van der Waals surface area contributed by atoms with E-state index in [1.54, 1.807) is 6.07 Å². The van der Waals surface area contributed by atoms with E-state index in [1.807, 2.05) is 0 Å². The highest BCUT2D eigenvalue weighted by Crippen LogP contribution is 2.11. The van der Waals surface area contributed by atoms with Gasteiger partial charge in [-0.2, -0.15) is 5.26 Å². The first-order chi connectivity index (χ1) is 6.13. The zero-order valence-electron chi connectivity index (χ0n) is 6.34. The average Bonchev–Trinajstić information content (AvgIpc) is 2.07. The molecule has 1 rings (SSSR count). The van der Waals surface area contributed by atoms with Gasteiger partial charge in [0, 0.05) is 0 Å². The summed E-state index contributed by atoms with van der Waals surface area (Å²) in [6.45, 7) is 0. The summed E-state index contributed by atoms with van der Waals surface area (Å²) in [5.74, 6) is 0. The number of hydrogen-bond acceptors (Lipinski definition) is 3. The van der Waals surface area contributed by atoms with Crippen LogP contribution in [0.4, 0.5) is 8.78 Å². The Morgan fingerprint density at radius 1 is 1.62 bits per heavy atom. The highest BCUT2D eigenvalue weighted by atomic mass is 35.5. The summed E-state index contributed by atoms with van der Waals surface area (Å²) in [6, 6.07) is 1.66. The summed E-state index contributed by atoms with van der Waals surface area (Å²) < 4.78 is 23.7. The Hall–Kier alpha value is -1.28. The van der Waals surface area contributed by atoms with Crippen molar-refractivity contribution in [2.45, 2.75) is 12.8 Å². The highest BCUT2D eigenvalue weighted by molar-refractivity contribution is 6.30. The number of halogens is 3. The first-order valence-corrected chi connectivity index (χ1v) is 3.71. The number of alkyl halides is 2. The lowest BCUT2D eigenvalue weighted by molar-refractivity contribution is 0.147. The second kappa shape index (κ2) is 4.10. The van der Waals surface area contributed by atoms with Gasteiger partial charge in [-0.25, -0.2) is 18.7 Å². The molecule has 0 aliphatic rings. The maximum atomic E-state index is 11.9. The molecule has 0 radical (unpaired) electrons. The Kier molecular flexibility index (Phi) is 3.09. The average molecular weight is 204 g/mol. The molecule has 68 valence electrons. The van der Waals surface area contributed by atoms with Gasteiger partial charge >= 0.3 is 0 Å². The molecule has 0 bridgehead atoms. The topological polar surface area (TPSA) is 49.6 Å². The van der Waals surface area contributed by atoms with Crippen LogP contribution in [0.15, 0.2) is 6.20 Å². The van der Waals surface area contributed by atoms with Crippen molar-refractivity contribution in [3.8, 4) is 6.07 Å². The third-order valence-corrected chi connectivity index (χ3v) is 1.52. The van der Waals surface area contributed by atoms with Crippen LogP contribution in [-0.4, -0.2) is 16.4 Å². The monoisotopic (exact) mass is 203 g/mol. The van der Waals surface area contributed by atoms with E-state index in [0.717, 1.165) is 6.20 Å². The Morgan fingerprint density at radius 2 is 2.31 bits per heavy atom. The van der Waals surface area contributed by atoms with Crippen molar-refractivity contribution in [3.63, 3.8) is 0 Å². The number of aromatic nitrogens is 2. The highest BCUT2D eigenvalue weighted by Gasteiger charge is 2.09. The molecule has 0 amide bonds. The molecule has 0 fully saturated rings. The van der Waals surface area contributed by atoms with Crippen molar-refractivity contribution in [2.24, 2.45) is 0 Å². The summed E-state index contributed by atoms with van der Waals surface area (Å²) >= 11 is 5.45. The van der Waals surface area contributed by atoms with Crippen LogP contribution in [0.25, 0.3) is 0 Å². The van der Waals surface area contributed by atoms with E-state index in [9.17, 15) is 8.78 Å². The van der Waals surface area contributed by atoms with Crippen molar-refractivity contribution in [3.05, 3.63) is 22.7 Å². The summed E-state index contributed by atoms with van der Waals surface area (Å²) in [7, 11) is 0. The zero-order valence-corrected chi connectivity index (χ0v) is 7.09. The third kappa shape index (κ3) is 2.60. The van der Waals surface area contributed by atoms with E-state index in [1.165, 1.54) is 0 Å². The van der Waals surface area contributed by atoms with Gasteiger partial charge in [0.1, 0.15) is 6.07 Å². The van der Waals surface area contributed by atoms with E-state index in [0.29, 0.717) is 0 Å². The molecule has 1 aromatic heterocycles. The van der Waals surface area contributed by atoms with E-state index in [-0.39, 0.29) is 16.5 Å². The fraction of sp³-hybridized carbons (Fsp3) is 0.286. The molecule has 1 aromatic rings. The third-order valence-electron chi connectivity index (χ3n) is 1.25. The standard InChI is InChI=1S/C7H4ClF2N3/c8-7-5(2-11)13-4(3-12-7)1-6(9)10/h3,6H,1H2. The maximum absolute atomic E-state index is 11.9. The summed E-state index contributed by atoms with van der Waals surface area (Å²) in [5, 5.41) is 8.38. The minimum Gasteiger partial charge on any atom is -0.240 e. The smallest absolute Gasteiger partial charge is 0.240 e. The van der Waals surface area contributed by atoms with E-state index >= 15 is 0 Å². The lowest BCUT2D eigenvalue weighted by atomic mass is 10.3. The molecular weight excluding hydrogens is 200 g/mol. The van der Waals surface area contributed by atoms with Gasteiger partial charge in [-0.15, -0.1) is 0 Å². The van der Waals surface area contributed by atoms with Gasteiger partial charge in [0.2, 0.25) is 6.43 Å². The minimum absolute atomic E-state index is 0.0657. The van der Waals surface area contributed by atoms with Crippen molar-refractivity contribution in [1.29, 1.82) is 5.26 Å². The van der Waals surface area contributed by atoms with Gasteiger partial charge < -0.3 is 0 Å². The van der Waals surface area contributed by atoms with Gasteiger partial charge in [0.05, 0.1) is 18.3 Å². The number of nitriles is 1. The van der Waals surface area contributed by atoms with Crippen molar-refractivity contribution < 1.29 is 8.78 Å². The van der Waals surface area contributed by atoms with Gasteiger partial charge in [-0.3, -0.25) is 0 Å². The normalized spacial score (nSPS) is 10.1. The van der Waals surface area contributed by atoms with Crippen LogP contribution >= 0.6 is 11.6 Å². The molecule has 3 nitrogen and oxygen atoms in total. The molecule has 0 N–H and O–H groups in total. The summed E-state index contributed by atoms with van der Waals surface area (Å²) in [4.78, 5) is 7.15. The molecule has 0 atom stereocenters. The van der Waals surface area contributed by atoms with Crippen LogP contribution in [0.3, 0.4) is 0 Å². The maximum Gasteiger partial charge on any atom is 0.244 e. The van der Waals surface area contributed by atoms with E-state index < -0.39 is 12.8 Å². The van der Waals surface area contributed by atoms with Crippen molar-refractivity contribution in [1.82, 2.24) is 9.97 Å². The summed E-state index contributed by atoms with van der Waals surface area (Å²) in [5.41, 5.74) is -0.0595. The molecule has 0 unspecified atom stereocenters. The zero-order chi connectivity index (χ0) is 9.84. The molecule has 0 aliphatic heterocycles. The minimum atomic E-state index is -2.50. The fourth-order valence-electron chi connectivity index (χ4n) is 0.738. The molecular formula is C7H4ClF2N3. The van der Waals surface area contributed by atoms with Crippen LogP contribution < -0.4 is 0 Å². The van der Waals surface area contributed by atoms with Gasteiger partial charge in [0.25, 0.3) is 0 Å². The Balaban J connectivity index is 2.95. The van der Waals surface area contributed by atoms with Crippen molar-refractivity contribution >= 4 is 11.6 Å². The van der Waals surface area contributed by atoms with Crippen LogP contribution in [0, 0.1) is 11.3 Å². The quantitative estimate of drug-likeness (QED) is 0.737. The first kappa shape index (κ1) is 9.81. The van der Waals surface area contributed by atoms with Crippen LogP contribution in [-0.2, 0) is 6.42 Å². The summed E-state index contributed by atoms with van der Waals surface area (Å²) in [6.07, 6.45) is -1.88. The molecule has 6 heteroatoms. The number of rotatable bonds is 2. The largest absolute Gasteiger partial charge is 0.244 e. The second-order valence-electron chi connectivity index (χ2n) is 2.21. The molecule has 13 heavy (non-hydrogen) atoms. The second-order valence-corrected chi connectivity index (χ2v) is 2.57. The van der Waals surface area contributed by atoms with Crippen molar-refractivity contribution in [2.75, 3.05) is 0 Å². The van der Waals surface area contributed by atoms with Gasteiger partial charge in [-0.05, 0) is 0 Å².